The molecule has 18 heavy (non-hydrogen) atoms. The lowest BCUT2D eigenvalue weighted by Gasteiger charge is -2.29. The summed E-state index contributed by atoms with van der Waals surface area (Å²) in [6, 6.07) is 1.18. The third-order valence-corrected chi connectivity index (χ3v) is 2.64. The molecule has 0 aliphatic carbocycles. The highest BCUT2D eigenvalue weighted by molar-refractivity contribution is 6.33. The number of anilines is 1. The van der Waals surface area contributed by atoms with Crippen molar-refractivity contribution < 1.29 is 13.2 Å². The maximum absolute atomic E-state index is 12.5. The quantitative estimate of drug-likeness (QED) is 0.922. The fourth-order valence-electron chi connectivity index (χ4n) is 1.49. The van der Waals surface area contributed by atoms with Crippen LogP contribution in [-0.4, -0.2) is 23.7 Å². The van der Waals surface area contributed by atoms with Crippen molar-refractivity contribution in [2.75, 3.05) is 11.4 Å². The van der Waals surface area contributed by atoms with Gasteiger partial charge in [0.15, 0.2) is 0 Å². The largest absolute Gasteiger partial charge is 0.405 e. The van der Waals surface area contributed by atoms with Crippen LogP contribution < -0.4 is 10.6 Å². The van der Waals surface area contributed by atoms with Gasteiger partial charge in [-0.2, -0.15) is 13.2 Å². The van der Waals surface area contributed by atoms with Crippen molar-refractivity contribution in [1.29, 1.82) is 0 Å². The summed E-state index contributed by atoms with van der Waals surface area (Å²) in [6.45, 7) is 2.47. The Morgan fingerprint density at radius 2 is 2.06 bits per heavy atom. The van der Waals surface area contributed by atoms with Crippen LogP contribution in [0.1, 0.15) is 19.4 Å². The van der Waals surface area contributed by atoms with Crippen LogP contribution in [0.3, 0.4) is 0 Å². The van der Waals surface area contributed by atoms with Crippen molar-refractivity contribution in [2.45, 2.75) is 32.6 Å². The van der Waals surface area contributed by atoms with E-state index in [0.717, 1.165) is 4.90 Å². The zero-order valence-electron chi connectivity index (χ0n) is 10.1. The first kappa shape index (κ1) is 15.0. The first-order chi connectivity index (χ1) is 8.24. The molecule has 1 heterocycles. The minimum absolute atomic E-state index is 0.126. The summed E-state index contributed by atoms with van der Waals surface area (Å²) in [5.74, 6) is 0.126. The van der Waals surface area contributed by atoms with E-state index in [-0.39, 0.29) is 23.4 Å². The summed E-state index contributed by atoms with van der Waals surface area (Å²) in [6.07, 6.45) is -2.87. The van der Waals surface area contributed by atoms with Crippen LogP contribution in [0.15, 0.2) is 12.3 Å². The molecule has 1 aromatic rings. The molecular formula is C11H15ClF3N3. The predicted molar refractivity (Wildman–Crippen MR) is 65.7 cm³/mol. The van der Waals surface area contributed by atoms with Crippen LogP contribution in [0.5, 0.6) is 0 Å². The normalized spacial score (nSPS) is 12.0. The number of halogens is 4. The lowest BCUT2D eigenvalue weighted by Crippen LogP contribution is -2.39. The van der Waals surface area contributed by atoms with Gasteiger partial charge in [0.25, 0.3) is 0 Å². The Morgan fingerprint density at radius 1 is 1.44 bits per heavy atom. The van der Waals surface area contributed by atoms with Crippen LogP contribution in [0.4, 0.5) is 19.0 Å². The minimum Gasteiger partial charge on any atom is -0.344 e. The molecule has 0 amide bonds. The molecule has 0 spiro atoms. The molecule has 0 atom stereocenters. The fraction of sp³-hybridized carbons (Fsp3) is 0.545. The van der Waals surface area contributed by atoms with Gasteiger partial charge in [-0.1, -0.05) is 11.6 Å². The highest BCUT2D eigenvalue weighted by atomic mass is 35.5. The van der Waals surface area contributed by atoms with E-state index in [1.54, 1.807) is 13.8 Å². The Balaban J connectivity index is 3.06. The summed E-state index contributed by atoms with van der Waals surface area (Å²) < 4.78 is 37.5. The maximum atomic E-state index is 12.5. The van der Waals surface area contributed by atoms with Crippen LogP contribution in [-0.2, 0) is 6.54 Å². The fourth-order valence-corrected chi connectivity index (χ4v) is 1.79. The van der Waals surface area contributed by atoms with E-state index < -0.39 is 12.7 Å². The molecule has 0 saturated heterocycles. The second-order valence-corrected chi connectivity index (χ2v) is 4.60. The van der Waals surface area contributed by atoms with Crippen LogP contribution in [0.2, 0.25) is 5.02 Å². The second kappa shape index (κ2) is 5.75. The number of alkyl halides is 3. The average molecular weight is 282 g/mol. The molecule has 1 aromatic heterocycles. The minimum atomic E-state index is -4.30. The van der Waals surface area contributed by atoms with Crippen molar-refractivity contribution in [1.82, 2.24) is 4.98 Å². The lowest BCUT2D eigenvalue weighted by molar-refractivity contribution is -0.120. The number of hydrogen-bond acceptors (Lipinski definition) is 3. The smallest absolute Gasteiger partial charge is 0.344 e. The number of nitrogens with two attached hydrogens (primary N) is 1. The molecule has 0 bridgehead atoms. The van der Waals surface area contributed by atoms with Gasteiger partial charge in [0.05, 0.1) is 5.02 Å². The van der Waals surface area contributed by atoms with Gasteiger partial charge in [0, 0.05) is 18.8 Å². The monoisotopic (exact) mass is 281 g/mol. The Morgan fingerprint density at radius 3 is 2.44 bits per heavy atom. The summed E-state index contributed by atoms with van der Waals surface area (Å²) in [4.78, 5) is 5.08. The van der Waals surface area contributed by atoms with Crippen molar-refractivity contribution >= 4 is 17.4 Å². The van der Waals surface area contributed by atoms with Crippen molar-refractivity contribution in [2.24, 2.45) is 5.73 Å². The molecule has 0 aromatic carbocycles. The molecular weight excluding hydrogens is 267 g/mol. The van der Waals surface area contributed by atoms with Gasteiger partial charge < -0.3 is 10.6 Å². The number of rotatable bonds is 4. The predicted octanol–water partition coefficient (Wildman–Crippen LogP) is 2.97. The molecule has 0 saturated carbocycles. The Bertz CT molecular complexity index is 407. The molecule has 7 heteroatoms. The van der Waals surface area contributed by atoms with E-state index in [4.69, 9.17) is 17.3 Å². The molecule has 102 valence electrons. The van der Waals surface area contributed by atoms with Gasteiger partial charge in [0.2, 0.25) is 0 Å². The third kappa shape index (κ3) is 4.03. The van der Waals surface area contributed by atoms with E-state index in [1.165, 1.54) is 12.3 Å². The SMILES string of the molecule is CC(C)N(CC(F)(F)F)c1ncc(CN)cc1Cl. The van der Waals surface area contributed by atoms with Crippen LogP contribution in [0.25, 0.3) is 0 Å². The zero-order chi connectivity index (χ0) is 13.9. The van der Waals surface area contributed by atoms with Gasteiger partial charge in [-0.25, -0.2) is 4.98 Å². The van der Waals surface area contributed by atoms with E-state index in [0.29, 0.717) is 5.56 Å². The summed E-state index contributed by atoms with van der Waals surface area (Å²) in [5, 5.41) is 0.177. The van der Waals surface area contributed by atoms with Gasteiger partial charge >= 0.3 is 6.18 Å². The number of pyridine rings is 1. The molecule has 0 radical (unpaired) electrons. The number of nitrogens with zero attached hydrogens (tertiary/aromatic N) is 2. The average Bonchev–Trinajstić information content (AvgIpc) is 2.24. The molecule has 2 N–H and O–H groups in total. The molecule has 1 rings (SSSR count). The lowest BCUT2D eigenvalue weighted by atomic mass is 10.2. The highest BCUT2D eigenvalue weighted by Crippen LogP contribution is 2.28. The van der Waals surface area contributed by atoms with E-state index in [9.17, 15) is 13.2 Å². The summed E-state index contributed by atoms with van der Waals surface area (Å²) in [5.41, 5.74) is 6.09. The Kier molecular flexibility index (Phi) is 4.81. The number of aromatic nitrogens is 1. The van der Waals surface area contributed by atoms with Gasteiger partial charge in [-0.05, 0) is 25.5 Å². The Labute approximate surface area is 109 Å². The van der Waals surface area contributed by atoms with Crippen molar-refractivity contribution in [3.8, 4) is 0 Å². The van der Waals surface area contributed by atoms with Gasteiger partial charge in [-0.15, -0.1) is 0 Å². The van der Waals surface area contributed by atoms with Crippen molar-refractivity contribution in [3.63, 3.8) is 0 Å². The summed E-state index contributed by atoms with van der Waals surface area (Å²) >= 11 is 5.95. The van der Waals surface area contributed by atoms with E-state index in [2.05, 4.69) is 4.98 Å². The first-order valence-corrected chi connectivity index (χ1v) is 5.80. The van der Waals surface area contributed by atoms with Crippen molar-refractivity contribution in [3.05, 3.63) is 22.8 Å². The molecule has 0 aliphatic rings. The molecule has 0 aliphatic heterocycles. The van der Waals surface area contributed by atoms with E-state index in [1.807, 2.05) is 0 Å². The van der Waals surface area contributed by atoms with Crippen LogP contribution >= 0.6 is 11.6 Å². The van der Waals surface area contributed by atoms with Gasteiger partial charge in [0.1, 0.15) is 12.4 Å². The Hall–Kier alpha value is -1.01. The van der Waals surface area contributed by atoms with Gasteiger partial charge in [-0.3, -0.25) is 0 Å². The maximum Gasteiger partial charge on any atom is 0.405 e. The molecule has 3 nitrogen and oxygen atoms in total. The molecule has 0 unspecified atom stereocenters. The standard InChI is InChI=1S/C11H15ClF3N3/c1-7(2)18(6-11(13,14)15)10-9(12)3-8(4-16)5-17-10/h3,5,7H,4,6,16H2,1-2H3. The first-order valence-electron chi connectivity index (χ1n) is 5.42. The third-order valence-electron chi connectivity index (χ3n) is 2.36. The summed E-state index contributed by atoms with van der Waals surface area (Å²) in [7, 11) is 0. The highest BCUT2D eigenvalue weighted by Gasteiger charge is 2.33. The zero-order valence-corrected chi connectivity index (χ0v) is 10.9. The number of hydrogen-bond donors (Lipinski definition) is 1. The van der Waals surface area contributed by atoms with E-state index >= 15 is 0 Å². The second-order valence-electron chi connectivity index (χ2n) is 4.19. The van der Waals surface area contributed by atoms with Crippen LogP contribution in [0, 0.1) is 0 Å². The molecule has 0 fully saturated rings. The topological polar surface area (TPSA) is 42.2 Å².